The average Bonchev–Trinajstić information content (AvgIpc) is 3.23. The second kappa shape index (κ2) is 10.7. The minimum Gasteiger partial charge on any atom is -0.444 e. The molecule has 1 aromatic carbocycles. The number of aliphatic hydroxyl groups is 1. The predicted octanol–water partition coefficient (Wildman–Crippen LogP) is 3.49. The number of ether oxygens (including phenoxy) is 1. The van der Waals surface area contributed by atoms with Crippen molar-refractivity contribution < 1.29 is 23.6 Å². The van der Waals surface area contributed by atoms with Crippen molar-refractivity contribution in [3.05, 3.63) is 65.4 Å². The highest BCUT2D eigenvalue weighted by Gasteiger charge is 2.17. The molecule has 0 radical (unpaired) electrons. The number of alkyl carbamates (subject to hydrolysis) is 1. The molecule has 1 atom stereocenters. The molecule has 1 amide bonds. The molecule has 9 heteroatoms. The molecule has 33 heavy (non-hydrogen) atoms. The second-order valence-corrected chi connectivity index (χ2v) is 8.28. The average molecular weight is 452 g/mol. The van der Waals surface area contributed by atoms with Gasteiger partial charge in [-0.15, -0.1) is 0 Å². The summed E-state index contributed by atoms with van der Waals surface area (Å²) in [5.74, 6) is 6.13. The third-order valence-electron chi connectivity index (χ3n) is 4.21. The first kappa shape index (κ1) is 23.9. The lowest BCUT2D eigenvalue weighted by molar-refractivity contribution is 0.0488. The summed E-state index contributed by atoms with van der Waals surface area (Å²) in [5.41, 5.74) is 1.14. The van der Waals surface area contributed by atoms with Crippen molar-refractivity contribution in [2.45, 2.75) is 45.3 Å². The minimum atomic E-state index is -0.790. The molecule has 3 aromatic rings. The van der Waals surface area contributed by atoms with E-state index in [1.54, 1.807) is 51.2 Å². The van der Waals surface area contributed by atoms with E-state index in [0.717, 1.165) is 0 Å². The quantitative estimate of drug-likeness (QED) is 0.551. The monoisotopic (exact) mass is 452 g/mol. The van der Waals surface area contributed by atoms with Crippen molar-refractivity contribution in [1.82, 2.24) is 20.4 Å². The van der Waals surface area contributed by atoms with Crippen LogP contribution in [0.4, 0.5) is 9.18 Å². The van der Waals surface area contributed by atoms with E-state index in [0.29, 0.717) is 41.4 Å². The summed E-state index contributed by atoms with van der Waals surface area (Å²) >= 11 is 0. The number of pyridine rings is 1. The number of nitrogens with zero attached hydrogens (tertiary/aromatic N) is 3. The molecule has 0 aliphatic heterocycles. The third kappa shape index (κ3) is 8.01. The van der Waals surface area contributed by atoms with Gasteiger partial charge >= 0.3 is 6.09 Å². The number of benzene rings is 1. The molecule has 0 aliphatic rings. The molecule has 0 saturated heterocycles. The van der Waals surface area contributed by atoms with Gasteiger partial charge in [-0.3, -0.25) is 4.98 Å². The van der Waals surface area contributed by atoms with E-state index in [9.17, 15) is 14.3 Å². The van der Waals surface area contributed by atoms with Gasteiger partial charge in [0.2, 0.25) is 11.7 Å². The van der Waals surface area contributed by atoms with Gasteiger partial charge in [0.05, 0.1) is 6.10 Å². The largest absolute Gasteiger partial charge is 0.444 e. The first-order chi connectivity index (χ1) is 15.7. The van der Waals surface area contributed by atoms with Crippen LogP contribution in [0.5, 0.6) is 0 Å². The summed E-state index contributed by atoms with van der Waals surface area (Å²) in [6.07, 6.45) is 0.851. The van der Waals surface area contributed by atoms with Crippen molar-refractivity contribution in [3.63, 3.8) is 0 Å². The summed E-state index contributed by atoms with van der Waals surface area (Å²) in [4.78, 5) is 20.2. The Morgan fingerprint density at radius 3 is 2.73 bits per heavy atom. The van der Waals surface area contributed by atoms with E-state index in [1.165, 1.54) is 12.1 Å². The molecule has 0 fully saturated rings. The Labute approximate surface area is 191 Å². The number of carbonyl (C=O) groups excluding carboxylic acids is 1. The SMILES string of the molecule is CC(C)(C)OC(=O)NCC(O)CCc1nc(-c2ccc(C#Cc3cccc(F)c3)cn2)no1. The molecule has 1 unspecified atom stereocenters. The zero-order valence-electron chi connectivity index (χ0n) is 18.6. The molecule has 2 heterocycles. The summed E-state index contributed by atoms with van der Waals surface area (Å²) in [6.45, 7) is 5.34. The lowest BCUT2D eigenvalue weighted by Gasteiger charge is -2.20. The number of halogens is 1. The van der Waals surface area contributed by atoms with Crippen LogP contribution in [-0.4, -0.2) is 44.6 Å². The van der Waals surface area contributed by atoms with Gasteiger partial charge < -0.3 is 19.7 Å². The molecular weight excluding hydrogens is 427 g/mol. The highest BCUT2D eigenvalue weighted by atomic mass is 19.1. The molecule has 172 valence electrons. The standard InChI is InChI=1S/C24H25FN4O4/c1-24(2,3)32-23(31)27-15-19(30)10-12-21-28-22(29-33-21)20-11-9-17(14-26-20)8-7-16-5-4-6-18(25)13-16/h4-6,9,11,13-14,19,30H,10,12,15H2,1-3H3,(H,27,31). The maximum Gasteiger partial charge on any atom is 0.407 e. The van der Waals surface area contributed by atoms with Crippen molar-refractivity contribution in [2.24, 2.45) is 0 Å². The smallest absolute Gasteiger partial charge is 0.407 e. The Kier molecular flexibility index (Phi) is 7.74. The molecule has 0 bridgehead atoms. The second-order valence-electron chi connectivity index (χ2n) is 8.28. The van der Waals surface area contributed by atoms with Crippen molar-refractivity contribution in [2.75, 3.05) is 6.54 Å². The molecule has 0 aliphatic carbocycles. The molecule has 8 nitrogen and oxygen atoms in total. The van der Waals surface area contributed by atoms with Crippen molar-refractivity contribution in [1.29, 1.82) is 0 Å². The zero-order chi connectivity index (χ0) is 23.8. The number of hydrogen-bond donors (Lipinski definition) is 2. The van der Waals surface area contributed by atoms with E-state index >= 15 is 0 Å². The topological polar surface area (TPSA) is 110 Å². The van der Waals surface area contributed by atoms with E-state index in [-0.39, 0.29) is 12.4 Å². The Morgan fingerprint density at radius 2 is 2.03 bits per heavy atom. The predicted molar refractivity (Wildman–Crippen MR) is 118 cm³/mol. The number of amides is 1. The number of aryl methyl sites for hydroxylation is 1. The van der Waals surface area contributed by atoms with Crippen LogP contribution < -0.4 is 5.32 Å². The molecular formula is C24H25FN4O4. The Morgan fingerprint density at radius 1 is 1.24 bits per heavy atom. The number of aromatic nitrogens is 3. The van der Waals surface area contributed by atoms with Crippen LogP contribution in [0.3, 0.4) is 0 Å². The Hall–Kier alpha value is -3.77. The van der Waals surface area contributed by atoms with Crippen LogP contribution in [-0.2, 0) is 11.2 Å². The van der Waals surface area contributed by atoms with E-state index in [4.69, 9.17) is 9.26 Å². The van der Waals surface area contributed by atoms with Crippen LogP contribution >= 0.6 is 0 Å². The van der Waals surface area contributed by atoms with Crippen LogP contribution in [0.25, 0.3) is 11.5 Å². The number of carbonyl (C=O) groups is 1. The number of rotatable bonds is 6. The minimum absolute atomic E-state index is 0.0512. The van der Waals surface area contributed by atoms with Gasteiger partial charge in [-0.2, -0.15) is 4.98 Å². The fourth-order valence-electron chi connectivity index (χ4n) is 2.68. The lowest BCUT2D eigenvalue weighted by Crippen LogP contribution is -2.37. The van der Waals surface area contributed by atoms with Crippen LogP contribution in [0.15, 0.2) is 47.1 Å². The number of aliphatic hydroxyl groups excluding tert-OH is 1. The van der Waals surface area contributed by atoms with Crippen molar-refractivity contribution >= 4 is 6.09 Å². The van der Waals surface area contributed by atoms with Crippen LogP contribution in [0.2, 0.25) is 0 Å². The Bertz CT molecular complexity index is 1140. The summed E-state index contributed by atoms with van der Waals surface area (Å²) in [6, 6.07) is 9.53. The maximum atomic E-state index is 13.2. The maximum absolute atomic E-state index is 13.2. The van der Waals surface area contributed by atoms with E-state index in [2.05, 4.69) is 32.3 Å². The molecule has 2 N–H and O–H groups in total. The fraction of sp³-hybridized carbons (Fsp3) is 0.333. The van der Waals surface area contributed by atoms with Gasteiger partial charge in [0.25, 0.3) is 0 Å². The first-order valence-corrected chi connectivity index (χ1v) is 10.4. The summed E-state index contributed by atoms with van der Waals surface area (Å²) < 4.78 is 23.6. The van der Waals surface area contributed by atoms with Gasteiger partial charge in [0.1, 0.15) is 17.1 Å². The zero-order valence-corrected chi connectivity index (χ0v) is 18.6. The first-order valence-electron chi connectivity index (χ1n) is 10.4. The lowest BCUT2D eigenvalue weighted by atomic mass is 10.2. The highest BCUT2D eigenvalue weighted by molar-refractivity contribution is 5.67. The van der Waals surface area contributed by atoms with E-state index in [1.807, 2.05) is 0 Å². The van der Waals surface area contributed by atoms with Gasteiger partial charge in [-0.25, -0.2) is 9.18 Å². The third-order valence-corrected chi connectivity index (χ3v) is 4.21. The molecule has 0 spiro atoms. The van der Waals surface area contributed by atoms with Crippen LogP contribution in [0, 0.1) is 17.7 Å². The summed E-state index contributed by atoms with van der Waals surface area (Å²) in [5, 5.41) is 16.5. The van der Waals surface area contributed by atoms with Crippen LogP contribution in [0.1, 0.15) is 44.2 Å². The highest BCUT2D eigenvalue weighted by Crippen LogP contribution is 2.15. The molecule has 3 rings (SSSR count). The fourth-order valence-corrected chi connectivity index (χ4v) is 2.68. The molecule has 2 aromatic heterocycles. The normalized spacial score (nSPS) is 11.9. The van der Waals surface area contributed by atoms with Gasteiger partial charge in [-0.1, -0.05) is 23.1 Å². The molecule has 0 saturated carbocycles. The van der Waals surface area contributed by atoms with Crippen molar-refractivity contribution in [3.8, 4) is 23.4 Å². The Balaban J connectivity index is 1.50. The number of nitrogens with one attached hydrogen (secondary N) is 1. The number of hydrogen-bond acceptors (Lipinski definition) is 7. The van der Waals surface area contributed by atoms with Gasteiger partial charge in [0.15, 0.2) is 0 Å². The van der Waals surface area contributed by atoms with Gasteiger partial charge in [0, 0.05) is 30.3 Å². The van der Waals surface area contributed by atoms with Gasteiger partial charge in [-0.05, 0) is 57.5 Å². The summed E-state index contributed by atoms with van der Waals surface area (Å²) in [7, 11) is 0. The van der Waals surface area contributed by atoms with E-state index < -0.39 is 17.8 Å².